The maximum absolute atomic E-state index is 13.3. The van der Waals surface area contributed by atoms with Crippen molar-refractivity contribution in [2.24, 2.45) is 0 Å². The predicted molar refractivity (Wildman–Crippen MR) is 142 cm³/mol. The number of carbonyl (C=O) groups is 2. The van der Waals surface area contributed by atoms with E-state index in [0.29, 0.717) is 53.8 Å². The minimum Gasteiger partial charge on any atom is -0.507 e. The average molecular weight is 515 g/mol. The summed E-state index contributed by atoms with van der Waals surface area (Å²) < 4.78 is 11.5. The van der Waals surface area contributed by atoms with Crippen molar-refractivity contribution in [3.8, 4) is 11.5 Å². The lowest BCUT2D eigenvalue weighted by molar-refractivity contribution is -0.140. The second-order valence-corrected chi connectivity index (χ2v) is 8.89. The Balaban J connectivity index is 2.09. The van der Waals surface area contributed by atoms with Crippen LogP contribution in [-0.4, -0.2) is 66.0 Å². The molecule has 194 valence electrons. The van der Waals surface area contributed by atoms with E-state index < -0.39 is 17.7 Å². The van der Waals surface area contributed by atoms with Gasteiger partial charge in [-0.25, -0.2) is 0 Å². The number of Topliss-reactive ketones (excluding diaryl/α,β-unsaturated/α-hetero) is 1. The third-order valence-electron chi connectivity index (χ3n) is 6.31. The minimum absolute atomic E-state index is 0.0526. The molecule has 7 nitrogen and oxygen atoms in total. The van der Waals surface area contributed by atoms with Gasteiger partial charge in [0.05, 0.1) is 24.8 Å². The van der Waals surface area contributed by atoms with Crippen LogP contribution in [0.4, 0.5) is 0 Å². The highest BCUT2D eigenvalue weighted by Gasteiger charge is 2.46. The van der Waals surface area contributed by atoms with Crippen LogP contribution >= 0.6 is 11.6 Å². The maximum atomic E-state index is 13.3. The van der Waals surface area contributed by atoms with Gasteiger partial charge < -0.3 is 24.4 Å². The van der Waals surface area contributed by atoms with Crippen molar-refractivity contribution in [2.45, 2.75) is 40.2 Å². The number of amides is 1. The monoisotopic (exact) mass is 514 g/mol. The molecule has 0 bridgehead atoms. The lowest BCUT2D eigenvalue weighted by Crippen LogP contribution is -2.33. The number of hydrogen-bond acceptors (Lipinski definition) is 6. The summed E-state index contributed by atoms with van der Waals surface area (Å²) in [6, 6.07) is 11.2. The van der Waals surface area contributed by atoms with E-state index in [1.54, 1.807) is 41.3 Å². The average Bonchev–Trinajstić information content (AvgIpc) is 3.13. The second kappa shape index (κ2) is 12.8. The molecule has 0 saturated carbocycles. The summed E-state index contributed by atoms with van der Waals surface area (Å²) in [4.78, 5) is 30.3. The van der Waals surface area contributed by atoms with Crippen LogP contribution in [0, 0.1) is 0 Å². The van der Waals surface area contributed by atoms with Crippen LogP contribution in [0.25, 0.3) is 5.76 Å². The van der Waals surface area contributed by atoms with E-state index in [-0.39, 0.29) is 11.3 Å². The van der Waals surface area contributed by atoms with Crippen LogP contribution < -0.4 is 9.47 Å². The summed E-state index contributed by atoms with van der Waals surface area (Å²) >= 11 is 6.01. The van der Waals surface area contributed by atoms with E-state index in [1.165, 1.54) is 0 Å². The molecular formula is C28H35ClN2O5. The Labute approximate surface area is 218 Å². The predicted octanol–water partition coefficient (Wildman–Crippen LogP) is 5.29. The Morgan fingerprint density at radius 2 is 1.61 bits per heavy atom. The van der Waals surface area contributed by atoms with Gasteiger partial charge in [-0.15, -0.1) is 0 Å². The lowest BCUT2D eigenvalue weighted by atomic mass is 9.95. The molecule has 1 amide bonds. The van der Waals surface area contributed by atoms with Crippen molar-refractivity contribution in [1.82, 2.24) is 9.80 Å². The molecule has 0 aliphatic carbocycles. The van der Waals surface area contributed by atoms with Crippen LogP contribution in [0.3, 0.4) is 0 Å². The fraction of sp³-hybridized carbons (Fsp3) is 0.429. The van der Waals surface area contributed by atoms with Gasteiger partial charge in [0.2, 0.25) is 0 Å². The van der Waals surface area contributed by atoms with E-state index in [0.717, 1.165) is 19.6 Å². The summed E-state index contributed by atoms with van der Waals surface area (Å²) in [5.74, 6) is -0.450. The van der Waals surface area contributed by atoms with Gasteiger partial charge in [-0.1, -0.05) is 31.5 Å². The van der Waals surface area contributed by atoms with Crippen LogP contribution in [0.2, 0.25) is 5.02 Å². The first kappa shape index (κ1) is 27.6. The molecule has 8 heteroatoms. The van der Waals surface area contributed by atoms with Crippen LogP contribution in [0.5, 0.6) is 11.5 Å². The first-order valence-corrected chi connectivity index (χ1v) is 12.9. The topological polar surface area (TPSA) is 79.3 Å². The highest BCUT2D eigenvalue weighted by atomic mass is 35.5. The standard InChI is InChI=1S/C28H35ClN2O5/c1-5-30(6-2)16-9-17-31-25(20-12-15-22(35-7-3)23(18-20)36-8-4)24(27(33)28(31)34)26(32)19-10-13-21(29)14-11-19/h10-15,18,25,32H,5-9,16-17H2,1-4H3/t25-/m0/s1. The summed E-state index contributed by atoms with van der Waals surface area (Å²) in [5, 5.41) is 11.7. The SMILES string of the molecule is CCOc1ccc([C@H]2C(=C(O)c3ccc(Cl)cc3)C(=O)C(=O)N2CCCN(CC)CC)cc1OCC. The molecule has 2 aromatic rings. The van der Waals surface area contributed by atoms with Crippen molar-refractivity contribution >= 4 is 29.1 Å². The number of carbonyl (C=O) groups excluding carboxylic acids is 2. The fourth-order valence-corrected chi connectivity index (χ4v) is 4.59. The Kier molecular flexibility index (Phi) is 9.79. The first-order valence-electron chi connectivity index (χ1n) is 12.5. The van der Waals surface area contributed by atoms with Gasteiger partial charge in [-0.2, -0.15) is 0 Å². The van der Waals surface area contributed by atoms with E-state index in [4.69, 9.17) is 21.1 Å². The number of nitrogens with zero attached hydrogens (tertiary/aromatic N) is 2. The van der Waals surface area contributed by atoms with Crippen LogP contribution in [0.1, 0.15) is 51.3 Å². The highest BCUT2D eigenvalue weighted by molar-refractivity contribution is 6.46. The Hall–Kier alpha value is -3.03. The van der Waals surface area contributed by atoms with E-state index >= 15 is 0 Å². The van der Waals surface area contributed by atoms with Crippen LogP contribution in [-0.2, 0) is 9.59 Å². The van der Waals surface area contributed by atoms with Gasteiger partial charge in [0.1, 0.15) is 5.76 Å². The molecule has 1 N–H and O–H groups in total. The van der Waals surface area contributed by atoms with Gasteiger partial charge >= 0.3 is 0 Å². The molecule has 2 aromatic carbocycles. The number of ether oxygens (including phenoxy) is 2. The molecule has 0 spiro atoms. The molecule has 3 rings (SSSR count). The van der Waals surface area contributed by atoms with E-state index in [9.17, 15) is 14.7 Å². The number of rotatable bonds is 12. The number of aliphatic hydroxyl groups is 1. The van der Waals surface area contributed by atoms with Gasteiger partial charge in [0, 0.05) is 17.1 Å². The summed E-state index contributed by atoms with van der Waals surface area (Å²) in [6.45, 7) is 11.8. The smallest absolute Gasteiger partial charge is 0.295 e. The Bertz CT molecular complexity index is 1100. The molecule has 1 heterocycles. The van der Waals surface area contributed by atoms with Crippen molar-refractivity contribution in [3.05, 3.63) is 64.2 Å². The Morgan fingerprint density at radius 3 is 2.22 bits per heavy atom. The van der Waals surface area contributed by atoms with Crippen molar-refractivity contribution in [3.63, 3.8) is 0 Å². The van der Waals surface area contributed by atoms with E-state index in [2.05, 4.69) is 18.7 Å². The number of hydrogen-bond donors (Lipinski definition) is 1. The molecule has 1 aliphatic rings. The molecule has 0 radical (unpaired) electrons. The maximum Gasteiger partial charge on any atom is 0.295 e. The third kappa shape index (κ3) is 6.02. The minimum atomic E-state index is -0.757. The highest BCUT2D eigenvalue weighted by Crippen LogP contribution is 2.42. The summed E-state index contributed by atoms with van der Waals surface area (Å²) in [7, 11) is 0. The zero-order chi connectivity index (χ0) is 26.2. The molecule has 0 unspecified atom stereocenters. The quantitative estimate of drug-likeness (QED) is 0.235. The second-order valence-electron chi connectivity index (χ2n) is 8.45. The number of halogens is 1. The lowest BCUT2D eigenvalue weighted by Gasteiger charge is -2.27. The van der Waals surface area contributed by atoms with Gasteiger partial charge in [-0.3, -0.25) is 9.59 Å². The molecule has 1 atom stereocenters. The number of aliphatic hydroxyl groups excluding tert-OH is 1. The molecule has 36 heavy (non-hydrogen) atoms. The largest absolute Gasteiger partial charge is 0.507 e. The van der Waals surface area contributed by atoms with E-state index in [1.807, 2.05) is 19.9 Å². The summed E-state index contributed by atoms with van der Waals surface area (Å²) in [6.07, 6.45) is 0.696. The number of ketones is 1. The van der Waals surface area contributed by atoms with Crippen molar-refractivity contribution in [2.75, 3.05) is 39.4 Å². The van der Waals surface area contributed by atoms with Gasteiger partial charge in [0.25, 0.3) is 11.7 Å². The zero-order valence-corrected chi connectivity index (χ0v) is 22.2. The van der Waals surface area contributed by atoms with Gasteiger partial charge in [0.15, 0.2) is 11.5 Å². The Morgan fingerprint density at radius 1 is 0.972 bits per heavy atom. The molecule has 1 saturated heterocycles. The number of likely N-dealkylation sites (tertiary alicyclic amines) is 1. The normalized spacial score (nSPS) is 17.2. The summed E-state index contributed by atoms with van der Waals surface area (Å²) in [5.41, 5.74) is 1.14. The molecular weight excluding hydrogens is 480 g/mol. The van der Waals surface area contributed by atoms with Gasteiger partial charge in [-0.05, 0) is 81.9 Å². The van der Waals surface area contributed by atoms with Crippen molar-refractivity contribution < 1.29 is 24.2 Å². The molecule has 1 aliphatic heterocycles. The first-order chi connectivity index (χ1) is 17.4. The zero-order valence-electron chi connectivity index (χ0n) is 21.4. The number of benzene rings is 2. The third-order valence-corrected chi connectivity index (χ3v) is 6.56. The van der Waals surface area contributed by atoms with Crippen LogP contribution in [0.15, 0.2) is 48.0 Å². The molecule has 0 aromatic heterocycles. The molecule has 1 fully saturated rings. The fourth-order valence-electron chi connectivity index (χ4n) is 4.46. The van der Waals surface area contributed by atoms with Crippen molar-refractivity contribution in [1.29, 1.82) is 0 Å².